The molecule has 2 bridgehead atoms. The molecule has 0 radical (unpaired) electrons. The molecule has 2 unspecified atom stereocenters. The van der Waals surface area contributed by atoms with Crippen LogP contribution in [0.25, 0.3) is 0 Å². The highest BCUT2D eigenvalue weighted by Gasteiger charge is 2.74. The van der Waals surface area contributed by atoms with Gasteiger partial charge >= 0.3 is 5.97 Å². The van der Waals surface area contributed by atoms with Crippen LogP contribution in [-0.4, -0.2) is 70.1 Å². The fourth-order valence-electron chi connectivity index (χ4n) is 6.27. The van der Waals surface area contributed by atoms with Crippen LogP contribution in [0.4, 0.5) is 5.69 Å². The van der Waals surface area contributed by atoms with Gasteiger partial charge in [-0.3, -0.25) is 14.4 Å². The van der Waals surface area contributed by atoms with Crippen molar-refractivity contribution in [3.63, 3.8) is 0 Å². The molecule has 0 aromatic heterocycles. The monoisotopic (exact) mass is 526 g/mol. The Bertz CT molecular complexity index is 1070. The summed E-state index contributed by atoms with van der Waals surface area (Å²) in [6, 6.07) is 5.32. The van der Waals surface area contributed by atoms with Gasteiger partial charge in [0.25, 0.3) is 5.91 Å². The maximum atomic E-state index is 14.5. The summed E-state index contributed by atoms with van der Waals surface area (Å²) in [7, 11) is 0. The first-order chi connectivity index (χ1) is 17.8. The molecule has 7 nitrogen and oxygen atoms in total. The van der Waals surface area contributed by atoms with Crippen molar-refractivity contribution in [3.8, 4) is 0 Å². The van der Waals surface area contributed by atoms with Crippen LogP contribution in [0.3, 0.4) is 0 Å². The minimum Gasteiger partial charge on any atom is -0.465 e. The fraction of sp³-hybridized carbons (Fsp3) is 0.552. The third-order valence-corrected chi connectivity index (χ3v) is 9.86. The van der Waals surface area contributed by atoms with Gasteiger partial charge in [-0.25, -0.2) is 0 Å². The first-order valence-electron chi connectivity index (χ1n) is 13.2. The summed E-state index contributed by atoms with van der Waals surface area (Å²) in [6.07, 6.45) is 6.57. The van der Waals surface area contributed by atoms with Gasteiger partial charge < -0.3 is 19.6 Å². The molecule has 0 aliphatic carbocycles. The number of aliphatic hydroxyl groups excluding tert-OH is 1. The first kappa shape index (κ1) is 27.5. The molecule has 1 spiro atoms. The second-order valence-corrected chi connectivity index (χ2v) is 11.9. The molecule has 1 N–H and O–H groups in total. The summed E-state index contributed by atoms with van der Waals surface area (Å²) < 4.78 is 4.88. The number of hydrogen-bond acceptors (Lipinski definition) is 6. The molecule has 4 rings (SSSR count). The smallest absolute Gasteiger partial charge is 0.310 e. The van der Waals surface area contributed by atoms with E-state index in [1.807, 2.05) is 32.0 Å². The summed E-state index contributed by atoms with van der Waals surface area (Å²) in [5, 5.41) is 9.33. The Morgan fingerprint density at radius 2 is 2.05 bits per heavy atom. The third-order valence-electron chi connectivity index (χ3n) is 7.91. The molecule has 3 fully saturated rings. The molecule has 3 heterocycles. The lowest BCUT2D eigenvalue weighted by atomic mass is 9.71. The topological polar surface area (TPSA) is 87.2 Å². The second-order valence-electron chi connectivity index (χ2n) is 10.3. The minimum absolute atomic E-state index is 0.0232. The molecule has 1 aromatic rings. The van der Waals surface area contributed by atoms with E-state index in [0.29, 0.717) is 38.8 Å². The summed E-state index contributed by atoms with van der Waals surface area (Å²) in [5.74, 6) is -1.76. The van der Waals surface area contributed by atoms with Crippen molar-refractivity contribution >= 4 is 35.2 Å². The Morgan fingerprint density at radius 3 is 2.76 bits per heavy atom. The number of fused-ring (bicyclic) bond motifs is 1. The Hall–Kier alpha value is -2.58. The predicted octanol–water partition coefficient (Wildman–Crippen LogP) is 3.81. The molecule has 3 saturated heterocycles. The van der Waals surface area contributed by atoms with E-state index in [2.05, 4.69) is 13.2 Å². The normalized spacial score (nSPS) is 27.8. The van der Waals surface area contributed by atoms with Gasteiger partial charge in [0.15, 0.2) is 0 Å². The van der Waals surface area contributed by atoms with Crippen LogP contribution in [0.5, 0.6) is 0 Å². The van der Waals surface area contributed by atoms with Gasteiger partial charge in [-0.2, -0.15) is 0 Å². The van der Waals surface area contributed by atoms with Crippen molar-refractivity contribution in [1.29, 1.82) is 0 Å². The predicted molar refractivity (Wildman–Crippen MR) is 146 cm³/mol. The molecular weight excluding hydrogens is 488 g/mol. The zero-order valence-electron chi connectivity index (χ0n) is 21.9. The van der Waals surface area contributed by atoms with Crippen molar-refractivity contribution < 1.29 is 24.2 Å². The van der Waals surface area contributed by atoms with Crippen LogP contribution >= 0.6 is 11.8 Å². The number of benzene rings is 1. The maximum absolute atomic E-state index is 14.5. The quantitative estimate of drug-likeness (QED) is 0.253. The van der Waals surface area contributed by atoms with Gasteiger partial charge in [0, 0.05) is 30.6 Å². The highest BCUT2D eigenvalue weighted by Crippen LogP contribution is 2.66. The number of unbranched alkanes of at least 4 members (excludes halogenated alkanes) is 1. The molecule has 37 heavy (non-hydrogen) atoms. The van der Waals surface area contributed by atoms with Crippen molar-refractivity contribution in [1.82, 2.24) is 4.90 Å². The number of carbonyl (C=O) groups excluding carboxylic acids is 3. The van der Waals surface area contributed by atoms with E-state index in [-0.39, 0.29) is 36.2 Å². The summed E-state index contributed by atoms with van der Waals surface area (Å²) in [6.45, 7) is 12.5. The van der Waals surface area contributed by atoms with E-state index >= 15 is 0 Å². The molecule has 3 aliphatic rings. The lowest BCUT2D eigenvalue weighted by Crippen LogP contribution is -2.55. The van der Waals surface area contributed by atoms with Crippen molar-refractivity contribution in [3.05, 3.63) is 54.6 Å². The molecule has 1 aromatic carbocycles. The third kappa shape index (κ3) is 4.86. The zero-order chi connectivity index (χ0) is 26.7. The number of likely N-dealkylation sites (tertiary alicyclic amines) is 1. The van der Waals surface area contributed by atoms with Crippen LogP contribution in [-0.2, 0) is 19.1 Å². The van der Waals surface area contributed by atoms with Crippen molar-refractivity contribution in [2.24, 2.45) is 11.8 Å². The number of amides is 2. The van der Waals surface area contributed by atoms with Crippen LogP contribution in [0, 0.1) is 25.7 Å². The Labute approximate surface area is 223 Å². The molecule has 2 amide bonds. The van der Waals surface area contributed by atoms with Crippen molar-refractivity contribution in [2.75, 3.05) is 31.2 Å². The Kier molecular flexibility index (Phi) is 8.49. The van der Waals surface area contributed by atoms with Gasteiger partial charge in [-0.05, 0) is 63.1 Å². The molecule has 5 atom stereocenters. The number of esters is 1. The van der Waals surface area contributed by atoms with Gasteiger partial charge in [-0.15, -0.1) is 24.9 Å². The lowest BCUT2D eigenvalue weighted by Gasteiger charge is -2.37. The Morgan fingerprint density at radius 1 is 1.27 bits per heavy atom. The summed E-state index contributed by atoms with van der Waals surface area (Å²) >= 11 is 1.64. The van der Waals surface area contributed by atoms with E-state index < -0.39 is 22.6 Å². The number of ether oxygens (including phenoxy) is 1. The van der Waals surface area contributed by atoms with E-state index in [0.717, 1.165) is 23.2 Å². The molecule has 8 heteroatoms. The van der Waals surface area contributed by atoms with Crippen LogP contribution in [0.15, 0.2) is 43.5 Å². The zero-order valence-corrected chi connectivity index (χ0v) is 22.7. The largest absolute Gasteiger partial charge is 0.465 e. The highest BCUT2D eigenvalue weighted by atomic mass is 32.2. The average Bonchev–Trinajstić information content (AvgIpc) is 3.52. The Balaban J connectivity index is 1.73. The van der Waals surface area contributed by atoms with Gasteiger partial charge in [0.1, 0.15) is 6.04 Å². The number of aryl methyl sites for hydroxylation is 2. The van der Waals surface area contributed by atoms with Gasteiger partial charge in [-0.1, -0.05) is 24.3 Å². The summed E-state index contributed by atoms with van der Waals surface area (Å²) in [5.41, 5.74) is 2.82. The average molecular weight is 527 g/mol. The van der Waals surface area contributed by atoms with E-state index in [1.54, 1.807) is 33.7 Å². The number of nitrogens with zero attached hydrogens (tertiary/aromatic N) is 2. The van der Waals surface area contributed by atoms with Crippen LogP contribution in [0.1, 0.15) is 43.2 Å². The highest BCUT2D eigenvalue weighted by molar-refractivity contribution is 8.02. The van der Waals surface area contributed by atoms with E-state index in [4.69, 9.17) is 4.74 Å². The maximum Gasteiger partial charge on any atom is 0.310 e. The van der Waals surface area contributed by atoms with Crippen molar-refractivity contribution in [2.45, 2.75) is 62.0 Å². The molecule has 3 aliphatic heterocycles. The number of aliphatic hydroxyl groups is 1. The first-order valence-corrected chi connectivity index (χ1v) is 14.0. The van der Waals surface area contributed by atoms with Gasteiger partial charge in [0.2, 0.25) is 5.91 Å². The second kappa shape index (κ2) is 11.4. The molecule has 200 valence electrons. The van der Waals surface area contributed by atoms with Crippen LogP contribution < -0.4 is 4.90 Å². The SMILES string of the molecule is C=CCCOC(=O)[C@@H]1[C@@H]2CCC3(S2)C(C(=O)N(CC=C)c2cc(C)ccc2C)N(CCCCO)C(=O)[C@H]13. The lowest BCUT2D eigenvalue weighted by molar-refractivity contribution is -0.154. The van der Waals surface area contributed by atoms with E-state index in [9.17, 15) is 19.5 Å². The number of rotatable bonds is 12. The number of anilines is 1. The number of carbonyl (C=O) groups is 3. The molecule has 0 saturated carbocycles. The standard InChI is InChI=1S/C29H38N2O5S/c1-5-7-17-36-28(35)23-22-12-13-29(37-22)24(23)26(33)31(15-8-9-16-32)25(29)27(34)30(14-6-2)21-18-19(3)10-11-20(21)4/h5-6,10-11,18,22-25,32H,1-2,7-9,12-17H2,3-4H3/t22-,23+,24-,25?,29?/m0/s1. The minimum atomic E-state index is -0.690. The van der Waals surface area contributed by atoms with Gasteiger partial charge in [0.05, 0.1) is 23.2 Å². The number of hydrogen-bond donors (Lipinski definition) is 1. The van der Waals surface area contributed by atoms with Crippen LogP contribution in [0.2, 0.25) is 0 Å². The van der Waals surface area contributed by atoms with E-state index in [1.165, 1.54) is 0 Å². The fourth-order valence-corrected chi connectivity index (χ4v) is 8.47. The summed E-state index contributed by atoms with van der Waals surface area (Å²) in [4.78, 5) is 45.1. The molecular formula is C29H38N2O5S. The number of thioether (sulfide) groups is 1.